The smallest absolute Gasteiger partial charge is 0.0732 e. The fourth-order valence-electron chi connectivity index (χ4n) is 9.84. The van der Waals surface area contributed by atoms with Crippen LogP contribution in [0.2, 0.25) is 0 Å². The molecule has 2 heteroatoms. The van der Waals surface area contributed by atoms with E-state index in [0.717, 1.165) is 44.9 Å². The van der Waals surface area contributed by atoms with Crippen LogP contribution >= 0.6 is 11.8 Å². The van der Waals surface area contributed by atoms with Gasteiger partial charge in [-0.15, -0.1) is 0 Å². The number of anilines is 1. The molecule has 52 heavy (non-hydrogen) atoms. The number of thioether (sulfide) groups is 1. The summed E-state index contributed by atoms with van der Waals surface area (Å²) < 4.78 is 0. The van der Waals surface area contributed by atoms with Crippen LogP contribution in [0.1, 0.15) is 87.0 Å². The lowest BCUT2D eigenvalue weighted by molar-refractivity contribution is 0.651. The number of benzene rings is 4. The number of fused-ring (bicyclic) bond motifs is 8. The minimum atomic E-state index is -0.344. The molecule has 0 saturated heterocycles. The van der Waals surface area contributed by atoms with Gasteiger partial charge in [-0.1, -0.05) is 139 Å². The van der Waals surface area contributed by atoms with Gasteiger partial charge in [0.05, 0.1) is 11.1 Å². The summed E-state index contributed by atoms with van der Waals surface area (Å²) >= 11 is 2.01. The monoisotopic (exact) mass is 691 g/mol. The maximum Gasteiger partial charge on any atom is 0.0732 e. The third kappa shape index (κ3) is 5.13. The van der Waals surface area contributed by atoms with Crippen molar-refractivity contribution in [1.29, 1.82) is 0 Å². The zero-order chi connectivity index (χ0) is 34.6. The number of hydrogen-bond acceptors (Lipinski definition) is 2. The molecular weight excluding hydrogens is 647 g/mol. The second-order valence-electron chi connectivity index (χ2n) is 15.3. The number of allylic oxidation sites excluding steroid dienone is 13. The molecule has 0 aromatic heterocycles. The molecule has 4 aromatic rings. The topological polar surface area (TPSA) is 12.0 Å². The molecule has 5 aliphatic carbocycles. The van der Waals surface area contributed by atoms with E-state index in [9.17, 15) is 0 Å². The second kappa shape index (κ2) is 13.0. The molecule has 4 aromatic carbocycles. The standard InChI is InChI=1S/C50H45NS/c1-33-14-12-19-38(30-33)51-49-39(35-17-6-3-7-18-35)21-13-22-40(49)37-26-28-44-42(31-37)41-20-8-9-23-43(41)50(44)45-24-10-11-25-47(45)52-48-29-27-36(32-46(48)50)34-15-4-2-5-16-34/h2,4,6,8-11,13,15,17-18,20-26,28,30-32,38,51H,3,5,7,12,14,16,19,27,29H2,1H3. The lowest BCUT2D eigenvalue weighted by atomic mass is 9.65. The van der Waals surface area contributed by atoms with Crippen LogP contribution in [0.15, 0.2) is 166 Å². The summed E-state index contributed by atoms with van der Waals surface area (Å²) in [5.74, 6) is 0. The van der Waals surface area contributed by atoms with Crippen LogP contribution in [0.5, 0.6) is 0 Å². The van der Waals surface area contributed by atoms with Gasteiger partial charge in [0.1, 0.15) is 0 Å². The average Bonchev–Trinajstić information content (AvgIpc) is 3.49. The van der Waals surface area contributed by atoms with Crippen LogP contribution in [0.3, 0.4) is 0 Å². The molecule has 1 nitrogen and oxygen atoms in total. The van der Waals surface area contributed by atoms with Crippen molar-refractivity contribution in [2.45, 2.75) is 81.1 Å². The molecule has 1 heterocycles. The van der Waals surface area contributed by atoms with Crippen molar-refractivity contribution in [2.75, 3.05) is 5.32 Å². The molecular formula is C50H45NS. The Balaban J connectivity index is 1.18. The predicted octanol–water partition coefficient (Wildman–Crippen LogP) is 13.7. The Labute approximate surface area is 313 Å². The zero-order valence-corrected chi connectivity index (χ0v) is 30.9. The van der Waals surface area contributed by atoms with E-state index in [2.05, 4.69) is 146 Å². The number of hydrogen-bond donors (Lipinski definition) is 1. The summed E-state index contributed by atoms with van der Waals surface area (Å²) in [5, 5.41) is 4.10. The summed E-state index contributed by atoms with van der Waals surface area (Å²) in [6.45, 7) is 2.29. The van der Waals surface area contributed by atoms with Crippen LogP contribution in [0, 0.1) is 0 Å². The summed E-state index contributed by atoms with van der Waals surface area (Å²) in [6.07, 6.45) is 29.4. The SMILES string of the molecule is CC1=CC(Nc2c(C3=CCCC=C3)cccc2-c2ccc3c(c2)-c2ccccc2C32C3=C(CCC(C4=CC=CCC4)=C3)Sc3ccccc32)CCC1. The third-order valence-electron chi connectivity index (χ3n) is 12.2. The van der Waals surface area contributed by atoms with Crippen LogP contribution in [0.4, 0.5) is 5.69 Å². The zero-order valence-electron chi connectivity index (χ0n) is 30.1. The van der Waals surface area contributed by atoms with Crippen LogP contribution in [0.25, 0.3) is 27.8 Å². The van der Waals surface area contributed by atoms with Gasteiger partial charge in [0.2, 0.25) is 0 Å². The van der Waals surface area contributed by atoms with E-state index in [1.165, 1.54) is 101 Å². The summed E-state index contributed by atoms with van der Waals surface area (Å²) in [7, 11) is 0. The highest BCUT2D eigenvalue weighted by Crippen LogP contribution is 2.64. The summed E-state index contributed by atoms with van der Waals surface area (Å²) in [5.41, 5.74) is 19.1. The second-order valence-corrected chi connectivity index (χ2v) is 16.5. The Morgan fingerprint density at radius 2 is 1.56 bits per heavy atom. The highest BCUT2D eigenvalue weighted by atomic mass is 32.2. The van der Waals surface area contributed by atoms with Gasteiger partial charge in [-0.3, -0.25) is 0 Å². The number of para-hydroxylation sites is 1. The van der Waals surface area contributed by atoms with Crippen molar-refractivity contribution in [2.24, 2.45) is 0 Å². The largest absolute Gasteiger partial charge is 0.378 e. The van der Waals surface area contributed by atoms with E-state index < -0.39 is 0 Å². The molecule has 1 aliphatic heterocycles. The maximum atomic E-state index is 4.10. The Morgan fingerprint density at radius 3 is 2.42 bits per heavy atom. The van der Waals surface area contributed by atoms with E-state index >= 15 is 0 Å². The first kappa shape index (κ1) is 31.9. The number of nitrogens with one attached hydrogen (secondary N) is 1. The number of rotatable bonds is 5. The Kier molecular flexibility index (Phi) is 7.98. The van der Waals surface area contributed by atoms with Gasteiger partial charge in [-0.05, 0) is 137 Å². The molecule has 0 bridgehead atoms. The van der Waals surface area contributed by atoms with Crippen molar-refractivity contribution in [3.63, 3.8) is 0 Å². The molecule has 0 fully saturated rings. The normalized spacial score (nSPS) is 22.8. The van der Waals surface area contributed by atoms with Crippen LogP contribution in [-0.2, 0) is 5.41 Å². The summed E-state index contributed by atoms with van der Waals surface area (Å²) in [4.78, 5) is 2.93. The third-order valence-corrected chi connectivity index (χ3v) is 13.5. The van der Waals surface area contributed by atoms with Crippen molar-refractivity contribution in [1.82, 2.24) is 0 Å². The van der Waals surface area contributed by atoms with E-state index in [4.69, 9.17) is 0 Å². The van der Waals surface area contributed by atoms with Crippen LogP contribution in [-0.4, -0.2) is 6.04 Å². The van der Waals surface area contributed by atoms with Gasteiger partial charge in [-0.2, -0.15) is 0 Å². The average molecular weight is 692 g/mol. The molecule has 0 amide bonds. The quantitative estimate of drug-likeness (QED) is 0.209. The van der Waals surface area contributed by atoms with E-state index in [1.807, 2.05) is 11.8 Å². The lowest BCUT2D eigenvalue weighted by Crippen LogP contribution is -2.33. The first-order valence-electron chi connectivity index (χ1n) is 19.4. The Morgan fingerprint density at radius 1 is 0.712 bits per heavy atom. The van der Waals surface area contributed by atoms with Crippen molar-refractivity contribution >= 4 is 23.0 Å². The molecule has 256 valence electrons. The molecule has 1 spiro atoms. The van der Waals surface area contributed by atoms with E-state index in [1.54, 1.807) is 0 Å². The van der Waals surface area contributed by atoms with Gasteiger partial charge in [0.15, 0.2) is 0 Å². The molecule has 0 saturated carbocycles. The van der Waals surface area contributed by atoms with Gasteiger partial charge < -0.3 is 5.32 Å². The highest BCUT2D eigenvalue weighted by molar-refractivity contribution is 8.03. The first-order chi connectivity index (χ1) is 25.7. The minimum Gasteiger partial charge on any atom is -0.378 e. The van der Waals surface area contributed by atoms with Gasteiger partial charge >= 0.3 is 0 Å². The Hall–Kier alpha value is -4.79. The lowest BCUT2D eigenvalue weighted by Gasteiger charge is -2.42. The van der Waals surface area contributed by atoms with E-state index in [0.29, 0.717) is 6.04 Å². The fraction of sp³-hybridized carbons (Fsp3) is 0.240. The molecule has 0 radical (unpaired) electrons. The van der Waals surface area contributed by atoms with E-state index in [-0.39, 0.29) is 5.41 Å². The molecule has 10 rings (SSSR count). The van der Waals surface area contributed by atoms with Crippen molar-refractivity contribution < 1.29 is 0 Å². The van der Waals surface area contributed by atoms with Crippen molar-refractivity contribution in [3.8, 4) is 22.3 Å². The molecule has 1 N–H and O–H groups in total. The highest BCUT2D eigenvalue weighted by Gasteiger charge is 2.51. The maximum absolute atomic E-state index is 4.10. The van der Waals surface area contributed by atoms with Gasteiger partial charge in [0.25, 0.3) is 0 Å². The van der Waals surface area contributed by atoms with Gasteiger partial charge in [0, 0.05) is 22.1 Å². The predicted molar refractivity (Wildman–Crippen MR) is 222 cm³/mol. The van der Waals surface area contributed by atoms with Crippen LogP contribution < -0.4 is 5.32 Å². The Bertz CT molecular complexity index is 2350. The van der Waals surface area contributed by atoms with Gasteiger partial charge in [-0.25, -0.2) is 0 Å². The molecule has 2 atom stereocenters. The first-order valence-corrected chi connectivity index (χ1v) is 20.3. The molecule has 6 aliphatic rings. The van der Waals surface area contributed by atoms with Crippen molar-refractivity contribution in [3.05, 3.63) is 183 Å². The fourth-order valence-corrected chi connectivity index (χ4v) is 11.1. The summed E-state index contributed by atoms with van der Waals surface area (Å²) in [6, 6.07) is 33.2. The molecule has 2 unspecified atom stereocenters. The minimum absolute atomic E-state index is 0.337.